The van der Waals surface area contributed by atoms with Crippen molar-refractivity contribution >= 4 is 28.4 Å². The number of aromatic nitrogens is 5. The Kier molecular flexibility index (Phi) is 9.50. The van der Waals surface area contributed by atoms with Crippen LogP contribution in [-0.4, -0.2) is 79.5 Å². The van der Waals surface area contributed by atoms with E-state index in [1.54, 1.807) is 24.8 Å². The molecule has 0 saturated carbocycles. The second kappa shape index (κ2) is 14.2. The van der Waals surface area contributed by atoms with Gasteiger partial charge in [0.05, 0.1) is 18.0 Å². The summed E-state index contributed by atoms with van der Waals surface area (Å²) in [4.78, 5) is 43.3. The van der Waals surface area contributed by atoms with E-state index >= 15 is 0 Å². The Labute approximate surface area is 262 Å². The third-order valence-electron chi connectivity index (χ3n) is 8.30. The third-order valence-corrected chi connectivity index (χ3v) is 8.30. The van der Waals surface area contributed by atoms with E-state index < -0.39 is 0 Å². The largest absolute Gasteiger partial charge is 0.342 e. The minimum absolute atomic E-state index is 0.0199. The molecule has 1 aliphatic heterocycles. The topological polar surface area (TPSA) is 120 Å². The van der Waals surface area contributed by atoms with Crippen LogP contribution in [0.1, 0.15) is 31.7 Å². The lowest BCUT2D eigenvalue weighted by atomic mass is 10.1. The minimum atomic E-state index is -0.165. The van der Waals surface area contributed by atoms with Crippen LogP contribution in [0.4, 0.5) is 5.69 Å². The van der Waals surface area contributed by atoms with Gasteiger partial charge in [-0.25, -0.2) is 9.97 Å². The smallest absolute Gasteiger partial charge is 0.236 e. The first-order valence-corrected chi connectivity index (χ1v) is 15.6. The van der Waals surface area contributed by atoms with Gasteiger partial charge in [-0.15, -0.1) is 0 Å². The number of fused-ring (bicyclic) bond motifs is 1. The van der Waals surface area contributed by atoms with E-state index in [1.165, 1.54) is 5.56 Å². The molecule has 0 unspecified atom stereocenters. The molecule has 0 spiro atoms. The van der Waals surface area contributed by atoms with Gasteiger partial charge in [-0.05, 0) is 74.2 Å². The second-order valence-corrected chi connectivity index (χ2v) is 11.5. The van der Waals surface area contributed by atoms with Crippen molar-refractivity contribution in [2.45, 2.75) is 32.6 Å². The average molecular weight is 603 g/mol. The summed E-state index contributed by atoms with van der Waals surface area (Å²) in [5.74, 6) is 0.662. The van der Waals surface area contributed by atoms with Crippen molar-refractivity contribution in [1.29, 1.82) is 0 Å². The molecule has 230 valence electrons. The molecular formula is C35H38N8O2. The summed E-state index contributed by atoms with van der Waals surface area (Å²) in [6.45, 7) is 5.19. The van der Waals surface area contributed by atoms with Gasteiger partial charge in [-0.2, -0.15) is 5.10 Å². The summed E-state index contributed by atoms with van der Waals surface area (Å²) < 4.78 is 0. The van der Waals surface area contributed by atoms with Crippen LogP contribution in [0, 0.1) is 5.92 Å². The van der Waals surface area contributed by atoms with E-state index in [0.717, 1.165) is 78.0 Å². The molecule has 45 heavy (non-hydrogen) atoms. The number of aryl methyl sites for hydroxylation is 1. The number of amides is 2. The van der Waals surface area contributed by atoms with Crippen molar-refractivity contribution in [2.24, 2.45) is 5.92 Å². The van der Waals surface area contributed by atoms with Gasteiger partial charge >= 0.3 is 0 Å². The van der Waals surface area contributed by atoms with Crippen molar-refractivity contribution < 1.29 is 9.59 Å². The molecule has 1 aliphatic rings. The minimum Gasteiger partial charge on any atom is -0.342 e. The number of nitrogens with one attached hydrogen (secondary N) is 2. The van der Waals surface area contributed by atoms with E-state index in [9.17, 15) is 9.59 Å². The fourth-order valence-electron chi connectivity index (χ4n) is 5.92. The van der Waals surface area contributed by atoms with Crippen LogP contribution in [0.3, 0.4) is 0 Å². The lowest BCUT2D eigenvalue weighted by molar-refractivity contribution is -0.132. The molecule has 0 aliphatic carbocycles. The maximum Gasteiger partial charge on any atom is 0.236 e. The number of carbonyl (C=O) groups excluding carboxylic acids is 2. The predicted molar refractivity (Wildman–Crippen MR) is 175 cm³/mol. The molecule has 2 amide bonds. The number of hydrogen-bond acceptors (Lipinski definition) is 7. The highest BCUT2D eigenvalue weighted by atomic mass is 16.2. The van der Waals surface area contributed by atoms with Gasteiger partial charge in [0.25, 0.3) is 0 Å². The maximum absolute atomic E-state index is 13.3. The number of carbonyl (C=O) groups is 2. The van der Waals surface area contributed by atoms with Gasteiger partial charge in [0, 0.05) is 66.6 Å². The van der Waals surface area contributed by atoms with Crippen LogP contribution < -0.4 is 5.32 Å². The summed E-state index contributed by atoms with van der Waals surface area (Å²) in [6.07, 6.45) is 10.4. The highest BCUT2D eigenvalue weighted by Crippen LogP contribution is 2.29. The number of anilines is 1. The van der Waals surface area contributed by atoms with Crippen LogP contribution in [0.5, 0.6) is 0 Å². The van der Waals surface area contributed by atoms with Crippen LogP contribution in [0.15, 0.2) is 85.5 Å². The zero-order valence-electron chi connectivity index (χ0n) is 25.5. The zero-order valence-corrected chi connectivity index (χ0v) is 25.5. The number of benzene rings is 2. The Morgan fingerprint density at radius 1 is 0.978 bits per heavy atom. The molecule has 3 aromatic heterocycles. The van der Waals surface area contributed by atoms with E-state index in [-0.39, 0.29) is 17.7 Å². The van der Waals surface area contributed by atoms with Crippen molar-refractivity contribution in [3.8, 4) is 22.6 Å². The molecule has 10 nitrogen and oxygen atoms in total. The number of H-pyrrole nitrogens is 1. The summed E-state index contributed by atoms with van der Waals surface area (Å²) in [5.41, 5.74) is 5.64. The van der Waals surface area contributed by atoms with Gasteiger partial charge in [0.1, 0.15) is 5.69 Å². The summed E-state index contributed by atoms with van der Waals surface area (Å²) in [6, 6.07) is 19.7. The average Bonchev–Trinajstić information content (AvgIpc) is 3.73. The Bertz CT molecular complexity index is 1720. The maximum atomic E-state index is 13.3. The normalized spacial score (nSPS) is 14.9. The van der Waals surface area contributed by atoms with E-state index in [2.05, 4.69) is 66.6 Å². The molecule has 4 heterocycles. The molecule has 5 aromatic rings. The van der Waals surface area contributed by atoms with Crippen LogP contribution in [0.2, 0.25) is 0 Å². The number of rotatable bonds is 12. The van der Waals surface area contributed by atoms with Crippen LogP contribution in [-0.2, 0) is 16.0 Å². The number of likely N-dealkylation sites (tertiary alicyclic amines) is 1. The Morgan fingerprint density at radius 2 is 1.78 bits per heavy atom. The summed E-state index contributed by atoms with van der Waals surface area (Å²) in [5, 5.41) is 11.6. The highest BCUT2D eigenvalue weighted by Gasteiger charge is 2.30. The third kappa shape index (κ3) is 7.41. The highest BCUT2D eigenvalue weighted by molar-refractivity contribution is 5.99. The van der Waals surface area contributed by atoms with Gasteiger partial charge in [0.15, 0.2) is 5.82 Å². The molecule has 2 N–H and O–H groups in total. The van der Waals surface area contributed by atoms with E-state index in [0.29, 0.717) is 19.6 Å². The molecule has 0 bridgehead atoms. The van der Waals surface area contributed by atoms with Gasteiger partial charge < -0.3 is 10.2 Å². The van der Waals surface area contributed by atoms with Gasteiger partial charge in [0.2, 0.25) is 11.8 Å². The Morgan fingerprint density at radius 3 is 2.56 bits per heavy atom. The first-order chi connectivity index (χ1) is 22.1. The monoisotopic (exact) mass is 602 g/mol. The standard InChI is InChI=1S/C35H38N8O2/c1-2-19-43(20-3-5-25-6-8-27(9-7-25)34-37-15-4-16-38-34)32(44)24-42-21-14-28(23-42)35(45)39-29-10-11-31-30(22-29)33(41-40-31)26-12-17-36-18-13-26/h4,6-13,15-18,22,28H,2-3,5,14,19-21,23-24H2,1H3,(H,39,45)(H,40,41)/t28-/m1/s1. The molecule has 10 heteroatoms. The molecule has 1 fully saturated rings. The molecule has 0 radical (unpaired) electrons. The second-order valence-electron chi connectivity index (χ2n) is 11.5. The molecule has 2 aromatic carbocycles. The van der Waals surface area contributed by atoms with Crippen molar-refractivity contribution in [3.63, 3.8) is 0 Å². The van der Waals surface area contributed by atoms with Crippen LogP contribution >= 0.6 is 0 Å². The molecule has 1 saturated heterocycles. The summed E-state index contributed by atoms with van der Waals surface area (Å²) in [7, 11) is 0. The molecular weight excluding hydrogens is 564 g/mol. The van der Waals surface area contributed by atoms with Crippen molar-refractivity contribution in [2.75, 3.05) is 38.0 Å². The Hall–Kier alpha value is -4.96. The van der Waals surface area contributed by atoms with Crippen molar-refractivity contribution in [1.82, 2.24) is 34.9 Å². The van der Waals surface area contributed by atoms with Crippen LogP contribution in [0.25, 0.3) is 33.5 Å². The Balaban J connectivity index is 0.989. The lowest BCUT2D eigenvalue weighted by Gasteiger charge is -2.25. The predicted octanol–water partition coefficient (Wildman–Crippen LogP) is 5.21. The molecule has 6 rings (SSSR count). The SMILES string of the molecule is CCCN(CCCc1ccc(-c2ncccn2)cc1)C(=O)CN1CC[C@@H](C(=O)Nc2ccc3[nH]nc(-c4ccncc4)c3c2)C1. The quantitative estimate of drug-likeness (QED) is 0.201. The summed E-state index contributed by atoms with van der Waals surface area (Å²) >= 11 is 0. The van der Waals surface area contributed by atoms with E-state index in [4.69, 9.17) is 0 Å². The van der Waals surface area contributed by atoms with E-state index in [1.807, 2.05) is 41.3 Å². The first kappa shape index (κ1) is 30.1. The number of hydrogen-bond donors (Lipinski definition) is 2. The lowest BCUT2D eigenvalue weighted by Crippen LogP contribution is -2.41. The number of pyridine rings is 1. The van der Waals surface area contributed by atoms with Gasteiger partial charge in [-0.1, -0.05) is 31.2 Å². The number of aromatic amines is 1. The zero-order chi connectivity index (χ0) is 31.0. The van der Waals surface area contributed by atoms with Gasteiger partial charge in [-0.3, -0.25) is 24.6 Å². The first-order valence-electron chi connectivity index (χ1n) is 15.6. The fraction of sp³-hybridized carbons (Fsp3) is 0.314. The van der Waals surface area contributed by atoms with Crippen molar-refractivity contribution in [3.05, 3.63) is 91.0 Å². The molecule has 1 atom stereocenters. The fourth-order valence-corrected chi connectivity index (χ4v) is 5.92. The number of nitrogens with zero attached hydrogens (tertiary/aromatic N) is 6.